The lowest BCUT2D eigenvalue weighted by atomic mass is 9.87. The van der Waals surface area contributed by atoms with Crippen molar-refractivity contribution in [3.8, 4) is 0 Å². The molecule has 0 spiro atoms. The van der Waals surface area contributed by atoms with Crippen molar-refractivity contribution in [1.29, 1.82) is 0 Å². The first-order valence-corrected chi connectivity index (χ1v) is 6.03. The first kappa shape index (κ1) is 15.9. The number of methoxy groups -OCH3 is 1. The summed E-state index contributed by atoms with van der Waals surface area (Å²) in [5.41, 5.74) is 0.141. The van der Waals surface area contributed by atoms with Crippen molar-refractivity contribution in [2.45, 2.75) is 52.7 Å². The molecule has 0 aromatic heterocycles. The molecule has 1 unspecified atom stereocenters. The second-order valence-corrected chi connectivity index (χ2v) is 6.00. The highest BCUT2D eigenvalue weighted by Gasteiger charge is 2.23. The molecule has 1 N–H and O–H groups in total. The standard InChI is InChI=1S/C13H29NO2/c1-12(2,3)11(14-6)10-16-9-8-13(4,5)15-7/h11,14H,8-10H2,1-7H3. The molecule has 0 saturated carbocycles. The molecule has 16 heavy (non-hydrogen) atoms. The molecule has 0 fully saturated rings. The molecule has 0 aliphatic rings. The van der Waals surface area contributed by atoms with Crippen molar-refractivity contribution in [3.05, 3.63) is 0 Å². The molecular formula is C13H29NO2. The predicted octanol–water partition coefficient (Wildman–Crippen LogP) is 2.45. The van der Waals surface area contributed by atoms with Gasteiger partial charge in [-0.2, -0.15) is 0 Å². The second kappa shape index (κ2) is 6.58. The van der Waals surface area contributed by atoms with Gasteiger partial charge in [0, 0.05) is 19.8 Å². The van der Waals surface area contributed by atoms with E-state index in [0.29, 0.717) is 6.04 Å². The van der Waals surface area contributed by atoms with Gasteiger partial charge in [-0.3, -0.25) is 0 Å². The van der Waals surface area contributed by atoms with Gasteiger partial charge in [-0.25, -0.2) is 0 Å². The maximum Gasteiger partial charge on any atom is 0.0644 e. The third kappa shape index (κ3) is 6.46. The van der Waals surface area contributed by atoms with Crippen molar-refractivity contribution in [1.82, 2.24) is 5.32 Å². The van der Waals surface area contributed by atoms with Crippen LogP contribution >= 0.6 is 0 Å². The van der Waals surface area contributed by atoms with Gasteiger partial charge < -0.3 is 14.8 Å². The van der Waals surface area contributed by atoms with Crippen molar-refractivity contribution < 1.29 is 9.47 Å². The SMILES string of the molecule is CNC(COCCC(C)(C)OC)C(C)(C)C. The third-order valence-corrected chi connectivity index (χ3v) is 3.08. The van der Waals surface area contributed by atoms with Crippen LogP contribution in [0.15, 0.2) is 0 Å². The van der Waals surface area contributed by atoms with Crippen LogP contribution in [0.25, 0.3) is 0 Å². The molecule has 3 nitrogen and oxygen atoms in total. The normalized spacial score (nSPS) is 15.2. The highest BCUT2D eigenvalue weighted by molar-refractivity contribution is 4.78. The molecule has 0 aliphatic carbocycles. The molecule has 98 valence electrons. The fraction of sp³-hybridized carbons (Fsp3) is 1.00. The molecule has 0 saturated heterocycles. The molecule has 0 heterocycles. The van der Waals surface area contributed by atoms with Gasteiger partial charge in [0.25, 0.3) is 0 Å². The summed E-state index contributed by atoms with van der Waals surface area (Å²) in [6.45, 7) is 12.3. The lowest BCUT2D eigenvalue weighted by molar-refractivity contribution is -0.0161. The minimum Gasteiger partial charge on any atom is -0.380 e. The molecular weight excluding hydrogens is 202 g/mol. The maximum atomic E-state index is 5.71. The van der Waals surface area contributed by atoms with Gasteiger partial charge >= 0.3 is 0 Å². The zero-order valence-corrected chi connectivity index (χ0v) is 12.0. The summed E-state index contributed by atoms with van der Waals surface area (Å²) >= 11 is 0. The van der Waals surface area contributed by atoms with E-state index in [1.165, 1.54) is 0 Å². The molecule has 0 radical (unpaired) electrons. The summed E-state index contributed by atoms with van der Waals surface area (Å²) in [6, 6.07) is 0.387. The molecule has 0 aromatic rings. The van der Waals surface area contributed by atoms with Crippen molar-refractivity contribution in [2.24, 2.45) is 5.41 Å². The van der Waals surface area contributed by atoms with Crippen LogP contribution in [0.4, 0.5) is 0 Å². The minimum atomic E-state index is -0.0864. The Bertz CT molecular complexity index is 185. The van der Waals surface area contributed by atoms with Crippen LogP contribution in [0, 0.1) is 5.41 Å². The smallest absolute Gasteiger partial charge is 0.0644 e. The minimum absolute atomic E-state index is 0.0864. The summed E-state index contributed by atoms with van der Waals surface area (Å²) in [5.74, 6) is 0. The van der Waals surface area contributed by atoms with E-state index in [0.717, 1.165) is 19.6 Å². The molecule has 1 atom stereocenters. The van der Waals surface area contributed by atoms with Crippen molar-refractivity contribution >= 4 is 0 Å². The van der Waals surface area contributed by atoms with Crippen molar-refractivity contribution in [2.75, 3.05) is 27.4 Å². The van der Waals surface area contributed by atoms with E-state index in [1.807, 2.05) is 7.05 Å². The quantitative estimate of drug-likeness (QED) is 0.683. The third-order valence-electron chi connectivity index (χ3n) is 3.08. The fourth-order valence-electron chi connectivity index (χ4n) is 1.39. The van der Waals surface area contributed by atoms with Gasteiger partial charge in [-0.1, -0.05) is 20.8 Å². The fourth-order valence-corrected chi connectivity index (χ4v) is 1.39. The Kier molecular flexibility index (Phi) is 6.53. The Labute approximate surface area is 101 Å². The topological polar surface area (TPSA) is 30.5 Å². The van der Waals surface area contributed by atoms with Crippen LogP contribution in [-0.4, -0.2) is 39.0 Å². The molecule has 0 rings (SSSR count). The maximum absolute atomic E-state index is 5.71. The first-order valence-electron chi connectivity index (χ1n) is 6.03. The first-order chi connectivity index (χ1) is 7.23. The lowest BCUT2D eigenvalue weighted by Crippen LogP contribution is -2.42. The zero-order chi connectivity index (χ0) is 12.8. The molecule has 3 heteroatoms. The Morgan fingerprint density at radius 2 is 1.69 bits per heavy atom. The van der Waals surface area contributed by atoms with Gasteiger partial charge in [0.1, 0.15) is 0 Å². The van der Waals surface area contributed by atoms with Crippen molar-refractivity contribution in [3.63, 3.8) is 0 Å². The van der Waals surface area contributed by atoms with Crippen LogP contribution in [0.2, 0.25) is 0 Å². The van der Waals surface area contributed by atoms with E-state index >= 15 is 0 Å². The number of likely N-dealkylation sites (N-methyl/N-ethyl adjacent to an activating group) is 1. The Morgan fingerprint density at radius 1 is 1.12 bits per heavy atom. The van der Waals surface area contributed by atoms with Crippen LogP contribution in [0.5, 0.6) is 0 Å². The van der Waals surface area contributed by atoms with Gasteiger partial charge in [0.05, 0.1) is 12.2 Å². The van der Waals surface area contributed by atoms with E-state index in [9.17, 15) is 0 Å². The van der Waals surface area contributed by atoms with E-state index in [1.54, 1.807) is 7.11 Å². The Morgan fingerprint density at radius 3 is 2.06 bits per heavy atom. The highest BCUT2D eigenvalue weighted by Crippen LogP contribution is 2.19. The second-order valence-electron chi connectivity index (χ2n) is 6.00. The van der Waals surface area contributed by atoms with Crippen LogP contribution in [0.1, 0.15) is 41.0 Å². The summed E-state index contributed by atoms with van der Waals surface area (Å²) in [4.78, 5) is 0. The molecule has 0 aromatic carbocycles. The van der Waals surface area contributed by atoms with E-state index in [4.69, 9.17) is 9.47 Å². The summed E-state index contributed by atoms with van der Waals surface area (Å²) in [7, 11) is 3.73. The number of hydrogen-bond acceptors (Lipinski definition) is 3. The summed E-state index contributed by atoms with van der Waals surface area (Å²) < 4.78 is 11.1. The average molecular weight is 231 g/mol. The summed E-state index contributed by atoms with van der Waals surface area (Å²) in [5, 5.41) is 3.30. The highest BCUT2D eigenvalue weighted by atomic mass is 16.5. The zero-order valence-electron chi connectivity index (χ0n) is 12.0. The Balaban J connectivity index is 3.81. The van der Waals surface area contributed by atoms with E-state index in [2.05, 4.69) is 39.9 Å². The van der Waals surface area contributed by atoms with Crippen LogP contribution < -0.4 is 5.32 Å². The van der Waals surface area contributed by atoms with Gasteiger partial charge in [0.2, 0.25) is 0 Å². The lowest BCUT2D eigenvalue weighted by Gasteiger charge is -2.30. The number of hydrogen-bond donors (Lipinski definition) is 1. The van der Waals surface area contributed by atoms with Gasteiger partial charge in [-0.05, 0) is 32.7 Å². The average Bonchev–Trinajstić information content (AvgIpc) is 2.15. The number of ether oxygens (including phenoxy) is 2. The van der Waals surface area contributed by atoms with E-state index < -0.39 is 0 Å². The largest absolute Gasteiger partial charge is 0.380 e. The number of rotatable bonds is 7. The van der Waals surface area contributed by atoms with Gasteiger partial charge in [-0.15, -0.1) is 0 Å². The van der Waals surface area contributed by atoms with Crippen LogP contribution in [-0.2, 0) is 9.47 Å². The predicted molar refractivity (Wildman–Crippen MR) is 68.8 cm³/mol. The monoisotopic (exact) mass is 231 g/mol. The van der Waals surface area contributed by atoms with E-state index in [-0.39, 0.29) is 11.0 Å². The van der Waals surface area contributed by atoms with Gasteiger partial charge in [0.15, 0.2) is 0 Å². The van der Waals surface area contributed by atoms with Crippen LogP contribution in [0.3, 0.4) is 0 Å². The Hall–Kier alpha value is -0.120. The molecule has 0 aliphatic heterocycles. The molecule has 0 bridgehead atoms. The number of nitrogens with one attached hydrogen (secondary N) is 1. The summed E-state index contributed by atoms with van der Waals surface area (Å²) in [6.07, 6.45) is 0.921. The molecule has 0 amide bonds.